The molecule has 25 rings (SSSR count). The second-order valence-electron chi connectivity index (χ2n) is 31.4. The summed E-state index contributed by atoms with van der Waals surface area (Å²) in [6.45, 7) is 82.9. The molecule has 148 heavy (non-hydrogen) atoms. The number of rotatable bonds is 2. The van der Waals surface area contributed by atoms with Gasteiger partial charge in [0.05, 0.1) is 16.2 Å². The molecule has 18 aromatic rings. The molecule has 0 bridgehead atoms. The van der Waals surface area contributed by atoms with Crippen LogP contribution >= 0.6 is 0 Å². The molecule has 0 nitrogen and oxygen atoms in total. The highest BCUT2D eigenvalue weighted by atomic mass is 14.5. The van der Waals surface area contributed by atoms with Crippen molar-refractivity contribution in [1.29, 1.82) is 0 Å². The van der Waals surface area contributed by atoms with Crippen LogP contribution < -0.4 is 0 Å². The second kappa shape index (κ2) is 67.4. The van der Waals surface area contributed by atoms with E-state index in [1.807, 2.05) is 249 Å². The third-order valence-corrected chi connectivity index (χ3v) is 25.4. The summed E-state index contributed by atoms with van der Waals surface area (Å²) in [5.74, 6) is 0. The lowest BCUT2D eigenvalue weighted by molar-refractivity contribution is 0.768. The van der Waals surface area contributed by atoms with Gasteiger partial charge in [-0.15, -0.1) is 0 Å². The van der Waals surface area contributed by atoms with Gasteiger partial charge in [0.1, 0.15) is 0 Å². The monoisotopic (exact) mass is 1970 g/mol. The highest BCUT2D eigenvalue weighted by Crippen LogP contribution is 2.66. The van der Waals surface area contributed by atoms with Crippen LogP contribution in [0.2, 0.25) is 0 Å². The van der Waals surface area contributed by atoms with Gasteiger partial charge in [0.15, 0.2) is 0 Å². The van der Waals surface area contributed by atoms with Crippen LogP contribution in [0, 0.1) is 34.6 Å². The maximum absolute atomic E-state index is 2.40. The van der Waals surface area contributed by atoms with E-state index >= 15 is 0 Å². The third kappa shape index (κ3) is 25.0. The van der Waals surface area contributed by atoms with Crippen LogP contribution in [0.5, 0.6) is 0 Å². The van der Waals surface area contributed by atoms with Crippen molar-refractivity contribution in [2.24, 2.45) is 0 Å². The minimum atomic E-state index is -0.262. The van der Waals surface area contributed by atoms with Gasteiger partial charge in [-0.1, -0.05) is 655 Å². The average molecular weight is 1970 g/mol. The summed E-state index contributed by atoms with van der Waals surface area (Å²) in [7, 11) is 0. The maximum atomic E-state index is 2.40. The lowest BCUT2D eigenvalue weighted by Gasteiger charge is -2.33. The quantitative estimate of drug-likeness (QED) is 0.162. The van der Waals surface area contributed by atoms with Gasteiger partial charge in [-0.3, -0.25) is 0 Å². The summed E-state index contributed by atoms with van der Waals surface area (Å²) in [6.07, 6.45) is 0. The van der Waals surface area contributed by atoms with E-state index in [0.717, 1.165) is 0 Å². The van der Waals surface area contributed by atoms with Gasteiger partial charge in [0.25, 0.3) is 0 Å². The number of benzene rings is 18. The van der Waals surface area contributed by atoms with Gasteiger partial charge < -0.3 is 0 Å². The summed E-state index contributed by atoms with van der Waals surface area (Å²) >= 11 is 0. The molecule has 0 aliphatic heterocycles. The minimum absolute atomic E-state index is 0.189. The normalized spacial score (nSPS) is 11.0. The fourth-order valence-corrected chi connectivity index (χ4v) is 21.0. The Bertz CT molecular complexity index is 6590. The van der Waals surface area contributed by atoms with E-state index in [0.29, 0.717) is 0 Å². The first kappa shape index (κ1) is 129. The van der Waals surface area contributed by atoms with E-state index in [1.54, 1.807) is 0 Å². The first-order valence-corrected chi connectivity index (χ1v) is 57.5. The van der Waals surface area contributed by atoms with E-state index in [4.69, 9.17) is 0 Å². The summed E-state index contributed by atoms with van der Waals surface area (Å²) in [5.41, 5.74) is 47.5. The van der Waals surface area contributed by atoms with Crippen LogP contribution in [0.25, 0.3) is 122 Å². The SMILES string of the molecule is CC.CC.CC.CC.CC.CC.CC.CC.CC.CC.CC.CC.CC.CC.CC.CC.CC.CC.Cc1cc2c3c(cccc3c1)-c1ccccc1-2.Cc1ccc(C2(c3ccccc3)c3ccccc3-c3ccccc32)cc1.Cc1ccc2c(c1)C1(c3ccccc3-c3ccccc31)c1ccccc1-2.Cc1ccc2c3c(cccc13)-c1ccccc1-2.Cc1cccc2c1-c1ccccc1C21c2ccccc2-c2ccccc21. The fraction of sp³-hybridized carbons (Fsp3) is 0.297. The van der Waals surface area contributed by atoms with Crippen molar-refractivity contribution < 1.29 is 0 Å². The number of fused-ring (bicyclic) bond motifs is 29. The zero-order valence-electron chi connectivity index (χ0n) is 99.5. The van der Waals surface area contributed by atoms with Crippen LogP contribution in [-0.2, 0) is 16.2 Å². The van der Waals surface area contributed by atoms with Gasteiger partial charge in [-0.05, 0) is 240 Å². The molecule has 780 valence electrons. The van der Waals surface area contributed by atoms with E-state index in [9.17, 15) is 0 Å². The van der Waals surface area contributed by atoms with E-state index in [2.05, 4.69) is 429 Å². The van der Waals surface area contributed by atoms with Crippen molar-refractivity contribution in [1.82, 2.24) is 0 Å². The smallest absolute Gasteiger partial charge is 0.0683 e. The number of hydrogen-bond acceptors (Lipinski definition) is 0. The van der Waals surface area contributed by atoms with Crippen LogP contribution in [-0.4, -0.2) is 0 Å². The fourth-order valence-electron chi connectivity index (χ4n) is 21.0. The number of aryl methyl sites for hydroxylation is 5. The molecular formula is C148H188. The minimum Gasteiger partial charge on any atom is -0.0683 e. The first-order valence-electron chi connectivity index (χ1n) is 57.5. The summed E-state index contributed by atoms with van der Waals surface area (Å²) in [6, 6.07) is 145. The van der Waals surface area contributed by atoms with Gasteiger partial charge >= 0.3 is 0 Å². The molecule has 0 unspecified atom stereocenters. The zero-order chi connectivity index (χ0) is 111. The molecule has 0 saturated heterocycles. The van der Waals surface area contributed by atoms with Gasteiger partial charge in [-0.2, -0.15) is 0 Å². The van der Waals surface area contributed by atoms with Crippen molar-refractivity contribution in [3.63, 3.8) is 0 Å². The summed E-state index contributed by atoms with van der Waals surface area (Å²) < 4.78 is 0. The molecule has 7 aliphatic carbocycles. The topological polar surface area (TPSA) is 0 Å². The Kier molecular flexibility index (Phi) is 58.6. The Hall–Kier alpha value is -13.5. The van der Waals surface area contributed by atoms with Crippen molar-refractivity contribution in [2.75, 3.05) is 0 Å². The molecule has 0 aromatic heterocycles. The summed E-state index contributed by atoms with van der Waals surface area (Å²) in [4.78, 5) is 0. The maximum Gasteiger partial charge on any atom is 0.0725 e. The highest BCUT2D eigenvalue weighted by molar-refractivity contribution is 6.17. The second-order valence-corrected chi connectivity index (χ2v) is 31.4. The lowest BCUT2D eigenvalue weighted by atomic mass is 9.67. The number of hydrogen-bond donors (Lipinski definition) is 0. The van der Waals surface area contributed by atoms with Gasteiger partial charge in [-0.25, -0.2) is 0 Å². The molecule has 0 amide bonds. The molecule has 0 atom stereocenters. The Morgan fingerprint density at radius 2 is 0.378 bits per heavy atom. The third-order valence-electron chi connectivity index (χ3n) is 25.4. The molecule has 0 saturated carbocycles. The van der Waals surface area contributed by atoms with Crippen LogP contribution in [0.4, 0.5) is 0 Å². The largest absolute Gasteiger partial charge is 0.0725 e. The van der Waals surface area contributed by atoms with E-state index < -0.39 is 0 Å². The van der Waals surface area contributed by atoms with E-state index in [-0.39, 0.29) is 16.2 Å². The van der Waals surface area contributed by atoms with Crippen molar-refractivity contribution in [2.45, 2.75) is 300 Å². The predicted octanol–water partition coefficient (Wildman–Crippen LogP) is 47.1. The Balaban J connectivity index is 0.000000444. The average Bonchev–Trinajstić information content (AvgIpc) is 1.51. The molecule has 2 spiro atoms. The molecular weight excluding hydrogens is 1780 g/mol. The van der Waals surface area contributed by atoms with Crippen molar-refractivity contribution >= 4 is 21.5 Å². The van der Waals surface area contributed by atoms with Crippen LogP contribution in [0.1, 0.15) is 344 Å². The molecule has 18 aromatic carbocycles. The molecule has 0 N–H and O–H groups in total. The molecule has 0 radical (unpaired) electrons. The van der Waals surface area contributed by atoms with Crippen LogP contribution in [0.3, 0.4) is 0 Å². The van der Waals surface area contributed by atoms with Gasteiger partial charge in [0.2, 0.25) is 0 Å². The van der Waals surface area contributed by atoms with Crippen molar-refractivity contribution in [3.05, 3.63) is 489 Å². The Morgan fingerprint density at radius 3 is 0.750 bits per heavy atom. The van der Waals surface area contributed by atoms with E-state index in [1.165, 1.54) is 216 Å². The lowest BCUT2D eigenvalue weighted by Crippen LogP contribution is -2.28. The first-order chi connectivity index (χ1) is 73.2. The Labute approximate surface area is 904 Å². The zero-order valence-corrected chi connectivity index (χ0v) is 99.5. The Morgan fingerprint density at radius 1 is 0.128 bits per heavy atom. The standard InChI is InChI=1S/2C26H18.C26H20.2C17H12.18C2H6/c1-17-9-8-16-24-25(17)20-12-4-7-15-23(20)26(24)21-13-5-2-10-18(21)19-11-3-6-14-22(19)26;1-17-14-15-21-20-10-4-7-13-24(20)26(25(21)16-17)22-11-5-2-8-18(22)19-9-3-6-12-23(19)26;1-19-15-17-21(18-16-19)26(20-9-3-2-4-10-20)24-13-7-5-11-22(24)23-12-6-8-14-25(23)26;1-11-9-12-5-4-8-15-13-6-2-3-7-14(13)16(10-11)17(12)15;1-11-9-10-16-14-6-3-2-5-13(14)15-8-4-7-12(11)17(15)16;18*1-2/h2*2-16H,1H3;2-18H,1H3;2*2-10H,1H3;18*1-2H3. The highest BCUT2D eigenvalue weighted by Gasteiger charge is 2.54. The van der Waals surface area contributed by atoms with Gasteiger partial charge in [0, 0.05) is 0 Å². The molecule has 7 aliphatic rings. The van der Waals surface area contributed by atoms with Crippen LogP contribution in [0.15, 0.2) is 394 Å². The molecule has 0 heteroatoms. The van der Waals surface area contributed by atoms with Crippen molar-refractivity contribution in [3.8, 4) is 100 Å². The molecule has 0 fully saturated rings. The molecule has 0 heterocycles. The summed E-state index contributed by atoms with van der Waals surface area (Å²) in [5, 5.41) is 5.58. The predicted molar refractivity (Wildman–Crippen MR) is 674 cm³/mol.